The average molecular weight is 246 g/mol. The van der Waals surface area contributed by atoms with Crippen LogP contribution >= 0.6 is 11.3 Å². The van der Waals surface area contributed by atoms with Gasteiger partial charge in [0.1, 0.15) is 0 Å². The first kappa shape index (κ1) is 12.1. The Morgan fingerprint density at radius 1 is 1.24 bits per heavy atom. The van der Waals surface area contributed by atoms with Gasteiger partial charge in [0, 0.05) is 18.3 Å². The third-order valence-electron chi connectivity index (χ3n) is 2.97. The highest BCUT2D eigenvalue weighted by molar-refractivity contribution is 7.15. The third-order valence-corrected chi connectivity index (χ3v) is 4.00. The van der Waals surface area contributed by atoms with E-state index in [1.54, 1.807) is 11.3 Å². The van der Waals surface area contributed by atoms with E-state index in [0.29, 0.717) is 0 Å². The van der Waals surface area contributed by atoms with E-state index in [9.17, 15) is 0 Å². The second kappa shape index (κ2) is 4.88. The Kier molecular flexibility index (Phi) is 3.48. The molecule has 1 aromatic carbocycles. The molecule has 1 N–H and O–H groups in total. The van der Waals surface area contributed by atoms with Crippen molar-refractivity contribution in [1.29, 1.82) is 0 Å². The van der Waals surface area contributed by atoms with E-state index in [-0.39, 0.29) is 0 Å². The van der Waals surface area contributed by atoms with Crippen molar-refractivity contribution < 1.29 is 0 Å². The number of hydrogen-bond donors (Lipinski definition) is 1. The first-order valence-electron chi connectivity index (χ1n) is 5.80. The van der Waals surface area contributed by atoms with Gasteiger partial charge in [-0.25, -0.2) is 4.98 Å². The van der Waals surface area contributed by atoms with Gasteiger partial charge in [0.05, 0.1) is 5.69 Å². The fourth-order valence-electron chi connectivity index (χ4n) is 1.87. The Morgan fingerprint density at radius 3 is 2.65 bits per heavy atom. The Hall–Kier alpha value is -1.35. The summed E-state index contributed by atoms with van der Waals surface area (Å²) in [4.78, 5) is 5.90. The van der Waals surface area contributed by atoms with E-state index >= 15 is 0 Å². The molecular formula is C14H18N2S. The number of aryl methyl sites for hydroxylation is 3. The zero-order chi connectivity index (χ0) is 12.4. The maximum absolute atomic E-state index is 4.60. The molecule has 3 heteroatoms. The van der Waals surface area contributed by atoms with Crippen molar-refractivity contribution in [3.8, 4) is 0 Å². The number of nitrogens with one attached hydrogen (secondary N) is 1. The molecule has 0 aliphatic rings. The standard InChI is InChI=1S/C14H18N2S/c1-9-5-6-10(2)12(7-9)8-13-11(3)17-14(15-4)16-13/h5-7H,8H2,1-4H3,(H,15,16). The van der Waals surface area contributed by atoms with E-state index in [0.717, 1.165) is 11.6 Å². The van der Waals surface area contributed by atoms with Crippen molar-refractivity contribution >= 4 is 16.5 Å². The summed E-state index contributed by atoms with van der Waals surface area (Å²) >= 11 is 1.72. The van der Waals surface area contributed by atoms with Crippen LogP contribution in [0.3, 0.4) is 0 Å². The third kappa shape index (κ3) is 2.67. The summed E-state index contributed by atoms with van der Waals surface area (Å²) in [6.07, 6.45) is 0.928. The summed E-state index contributed by atoms with van der Waals surface area (Å²) in [6.45, 7) is 6.43. The summed E-state index contributed by atoms with van der Waals surface area (Å²) in [6, 6.07) is 6.60. The van der Waals surface area contributed by atoms with E-state index < -0.39 is 0 Å². The second-order valence-corrected chi connectivity index (χ2v) is 5.58. The van der Waals surface area contributed by atoms with Crippen LogP contribution in [0.15, 0.2) is 18.2 Å². The SMILES string of the molecule is CNc1nc(Cc2cc(C)ccc2C)c(C)s1. The normalized spacial score (nSPS) is 10.6. The van der Waals surface area contributed by atoms with E-state index in [1.807, 2.05) is 7.05 Å². The summed E-state index contributed by atoms with van der Waals surface area (Å²) in [5, 5.41) is 4.11. The zero-order valence-corrected chi connectivity index (χ0v) is 11.6. The Labute approximate surface area is 107 Å². The summed E-state index contributed by atoms with van der Waals surface area (Å²) in [5.41, 5.74) is 5.22. The predicted molar refractivity (Wildman–Crippen MR) is 75.1 cm³/mol. The van der Waals surface area contributed by atoms with Gasteiger partial charge in [-0.05, 0) is 31.9 Å². The molecule has 1 heterocycles. The van der Waals surface area contributed by atoms with Crippen LogP contribution in [0.25, 0.3) is 0 Å². The number of anilines is 1. The van der Waals surface area contributed by atoms with Gasteiger partial charge in [0.15, 0.2) is 5.13 Å². The van der Waals surface area contributed by atoms with Crippen molar-refractivity contribution in [2.75, 3.05) is 12.4 Å². The Morgan fingerprint density at radius 2 is 2.00 bits per heavy atom. The van der Waals surface area contributed by atoms with Crippen LogP contribution in [0.5, 0.6) is 0 Å². The molecule has 2 nitrogen and oxygen atoms in total. The van der Waals surface area contributed by atoms with Crippen molar-refractivity contribution in [2.45, 2.75) is 27.2 Å². The molecule has 0 aliphatic heterocycles. The molecule has 2 rings (SSSR count). The number of hydrogen-bond acceptors (Lipinski definition) is 3. The van der Waals surface area contributed by atoms with Crippen LogP contribution in [0.4, 0.5) is 5.13 Å². The fraction of sp³-hybridized carbons (Fsp3) is 0.357. The molecule has 0 bridgehead atoms. The minimum Gasteiger partial charge on any atom is -0.365 e. The maximum atomic E-state index is 4.60. The van der Waals surface area contributed by atoms with Crippen LogP contribution < -0.4 is 5.32 Å². The van der Waals surface area contributed by atoms with Gasteiger partial charge in [-0.15, -0.1) is 11.3 Å². The lowest BCUT2D eigenvalue weighted by atomic mass is 10.0. The smallest absolute Gasteiger partial charge is 0.182 e. The molecular weight excluding hydrogens is 228 g/mol. The van der Waals surface area contributed by atoms with Crippen LogP contribution in [0.1, 0.15) is 27.3 Å². The number of thiazole rings is 1. The van der Waals surface area contributed by atoms with Crippen LogP contribution in [-0.2, 0) is 6.42 Å². The van der Waals surface area contributed by atoms with Gasteiger partial charge in [0.25, 0.3) is 0 Å². The lowest BCUT2D eigenvalue weighted by molar-refractivity contribution is 1.06. The van der Waals surface area contributed by atoms with Gasteiger partial charge >= 0.3 is 0 Å². The molecule has 0 spiro atoms. The van der Waals surface area contributed by atoms with Gasteiger partial charge in [-0.2, -0.15) is 0 Å². The first-order valence-corrected chi connectivity index (χ1v) is 6.62. The molecule has 0 radical (unpaired) electrons. The highest BCUT2D eigenvalue weighted by atomic mass is 32.1. The van der Waals surface area contributed by atoms with Crippen LogP contribution in [0, 0.1) is 20.8 Å². The minimum atomic E-state index is 0.928. The fourth-order valence-corrected chi connectivity index (χ4v) is 2.65. The first-order chi connectivity index (χ1) is 8.10. The number of rotatable bonds is 3. The predicted octanol–water partition coefficient (Wildman–Crippen LogP) is 3.70. The average Bonchev–Trinajstić information content (AvgIpc) is 2.65. The second-order valence-electron chi connectivity index (χ2n) is 4.38. The molecule has 0 unspecified atom stereocenters. The van der Waals surface area contributed by atoms with E-state index in [2.05, 4.69) is 49.3 Å². The van der Waals surface area contributed by atoms with Crippen LogP contribution in [0.2, 0.25) is 0 Å². The van der Waals surface area contributed by atoms with E-state index in [4.69, 9.17) is 0 Å². The lowest BCUT2D eigenvalue weighted by Crippen LogP contribution is -1.95. The highest BCUT2D eigenvalue weighted by Gasteiger charge is 2.08. The molecule has 0 saturated heterocycles. The monoisotopic (exact) mass is 246 g/mol. The van der Waals surface area contributed by atoms with Crippen molar-refractivity contribution in [1.82, 2.24) is 4.98 Å². The molecule has 1 aromatic heterocycles. The zero-order valence-electron chi connectivity index (χ0n) is 10.8. The molecule has 90 valence electrons. The Bertz CT molecular complexity index is 529. The maximum Gasteiger partial charge on any atom is 0.182 e. The Balaban J connectivity index is 2.30. The largest absolute Gasteiger partial charge is 0.365 e. The van der Waals surface area contributed by atoms with Crippen molar-refractivity contribution in [3.05, 3.63) is 45.5 Å². The molecule has 2 aromatic rings. The van der Waals surface area contributed by atoms with Crippen molar-refractivity contribution in [3.63, 3.8) is 0 Å². The van der Waals surface area contributed by atoms with Gasteiger partial charge in [-0.1, -0.05) is 23.8 Å². The molecule has 0 atom stereocenters. The quantitative estimate of drug-likeness (QED) is 0.893. The highest BCUT2D eigenvalue weighted by Crippen LogP contribution is 2.24. The topological polar surface area (TPSA) is 24.9 Å². The minimum absolute atomic E-state index is 0.928. The van der Waals surface area contributed by atoms with Gasteiger partial charge in [-0.3, -0.25) is 0 Å². The molecule has 17 heavy (non-hydrogen) atoms. The molecule has 0 aliphatic carbocycles. The van der Waals surface area contributed by atoms with E-state index in [1.165, 1.54) is 27.3 Å². The molecule has 0 saturated carbocycles. The van der Waals surface area contributed by atoms with Gasteiger partial charge in [0.2, 0.25) is 0 Å². The van der Waals surface area contributed by atoms with Crippen molar-refractivity contribution in [2.24, 2.45) is 0 Å². The molecule has 0 amide bonds. The summed E-state index contributed by atoms with van der Waals surface area (Å²) in [7, 11) is 1.92. The molecule has 0 fully saturated rings. The van der Waals surface area contributed by atoms with Crippen LogP contribution in [-0.4, -0.2) is 12.0 Å². The summed E-state index contributed by atoms with van der Waals surface area (Å²) < 4.78 is 0. The number of benzene rings is 1. The lowest BCUT2D eigenvalue weighted by Gasteiger charge is -2.06. The summed E-state index contributed by atoms with van der Waals surface area (Å²) in [5.74, 6) is 0. The van der Waals surface area contributed by atoms with Gasteiger partial charge < -0.3 is 5.32 Å². The number of aromatic nitrogens is 1. The number of nitrogens with zero attached hydrogens (tertiary/aromatic N) is 1.